The summed E-state index contributed by atoms with van der Waals surface area (Å²) in [6, 6.07) is 11.1. The van der Waals surface area contributed by atoms with Crippen LogP contribution in [0.1, 0.15) is 29.7 Å². The number of anilines is 1. The Morgan fingerprint density at radius 3 is 2.37 bits per heavy atom. The number of hydrogen-bond acceptors (Lipinski definition) is 2. The van der Waals surface area contributed by atoms with E-state index >= 15 is 0 Å². The summed E-state index contributed by atoms with van der Waals surface area (Å²) in [6.45, 7) is 5.93. The van der Waals surface area contributed by atoms with Gasteiger partial charge in [0.1, 0.15) is 6.04 Å². The zero-order valence-electron chi connectivity index (χ0n) is 15.6. The Balaban J connectivity index is 1.79. The third kappa shape index (κ3) is 6.24. The fraction of sp³-hybridized carbons (Fsp3) is 0.300. The Labute approximate surface area is 169 Å². The highest BCUT2D eigenvalue weighted by molar-refractivity contribution is 6.35. The molecule has 0 bridgehead atoms. The van der Waals surface area contributed by atoms with Crippen molar-refractivity contribution in [3.8, 4) is 0 Å². The predicted octanol–water partition coefficient (Wildman–Crippen LogP) is 2.99. The van der Waals surface area contributed by atoms with E-state index < -0.39 is 0 Å². The van der Waals surface area contributed by atoms with Crippen molar-refractivity contribution < 1.29 is 14.9 Å². The van der Waals surface area contributed by atoms with E-state index in [9.17, 15) is 9.59 Å². The topological polar surface area (TPSA) is 74.8 Å². The van der Waals surface area contributed by atoms with Gasteiger partial charge in [0.15, 0.2) is 6.54 Å². The van der Waals surface area contributed by atoms with E-state index in [2.05, 4.69) is 10.6 Å². The van der Waals surface area contributed by atoms with Gasteiger partial charge in [-0.25, -0.2) is 0 Å². The largest absolute Gasteiger partial charge is 0.342 e. The molecule has 5 nitrogen and oxygen atoms in total. The number of quaternary nitrogens is 1. The van der Waals surface area contributed by atoms with Crippen molar-refractivity contribution in [1.82, 2.24) is 5.32 Å². The highest BCUT2D eigenvalue weighted by Crippen LogP contribution is 2.24. The van der Waals surface area contributed by atoms with Crippen molar-refractivity contribution in [1.29, 1.82) is 0 Å². The zero-order valence-corrected chi connectivity index (χ0v) is 17.1. The Bertz CT molecular complexity index is 820. The number of benzene rings is 2. The van der Waals surface area contributed by atoms with Gasteiger partial charge < -0.3 is 16.0 Å². The second-order valence-corrected chi connectivity index (χ2v) is 7.33. The molecular formula is C20H24Cl2N3O2+. The van der Waals surface area contributed by atoms with Gasteiger partial charge in [-0.05, 0) is 44.0 Å². The van der Waals surface area contributed by atoms with E-state index in [0.29, 0.717) is 10.0 Å². The average Bonchev–Trinajstić information content (AvgIpc) is 2.61. The second-order valence-electron chi connectivity index (χ2n) is 6.49. The van der Waals surface area contributed by atoms with Gasteiger partial charge in [0.05, 0.1) is 11.6 Å². The number of para-hydroxylation sites is 1. The van der Waals surface area contributed by atoms with Crippen molar-refractivity contribution in [2.24, 2.45) is 0 Å². The minimum atomic E-state index is -0.255. The predicted molar refractivity (Wildman–Crippen MR) is 109 cm³/mol. The fourth-order valence-electron chi connectivity index (χ4n) is 2.73. The molecule has 4 N–H and O–H groups in total. The summed E-state index contributed by atoms with van der Waals surface area (Å²) in [7, 11) is 0. The number of hydrogen-bond donors (Lipinski definition) is 3. The van der Waals surface area contributed by atoms with Gasteiger partial charge in [0, 0.05) is 16.3 Å². The third-order valence-corrected chi connectivity index (χ3v) is 4.86. The highest BCUT2D eigenvalue weighted by Gasteiger charge is 2.15. The summed E-state index contributed by atoms with van der Waals surface area (Å²) < 4.78 is 0. The maximum Gasteiger partial charge on any atom is 0.275 e. The van der Waals surface area contributed by atoms with Crippen LogP contribution in [0.2, 0.25) is 10.0 Å². The molecule has 2 aromatic rings. The first-order valence-electron chi connectivity index (χ1n) is 8.69. The van der Waals surface area contributed by atoms with Crippen LogP contribution in [-0.2, 0) is 9.59 Å². The molecule has 144 valence electrons. The number of nitrogens with one attached hydrogen (secondary N) is 2. The molecule has 0 spiro atoms. The van der Waals surface area contributed by atoms with E-state index in [-0.39, 0.29) is 30.9 Å². The van der Waals surface area contributed by atoms with Crippen molar-refractivity contribution in [2.75, 3.05) is 18.4 Å². The van der Waals surface area contributed by atoms with Crippen molar-refractivity contribution >= 4 is 40.7 Å². The van der Waals surface area contributed by atoms with Crippen LogP contribution in [0.3, 0.4) is 0 Å². The molecule has 2 aromatic carbocycles. The first kappa shape index (κ1) is 21.2. The van der Waals surface area contributed by atoms with Crippen LogP contribution >= 0.6 is 23.2 Å². The number of aryl methyl sites for hydroxylation is 2. The van der Waals surface area contributed by atoms with Gasteiger partial charge >= 0.3 is 0 Å². The van der Waals surface area contributed by atoms with E-state index in [1.807, 2.05) is 50.4 Å². The minimum absolute atomic E-state index is 0.0102. The summed E-state index contributed by atoms with van der Waals surface area (Å²) in [5.74, 6) is -0.474. The SMILES string of the molecule is Cc1cccc(C)c1NC(=O)CNC(=O)C[NH2+][C@H](C)c1ccc(Cl)cc1Cl. The molecule has 7 heteroatoms. The third-order valence-electron chi connectivity index (χ3n) is 4.30. The quantitative estimate of drug-likeness (QED) is 0.658. The first-order chi connectivity index (χ1) is 12.8. The highest BCUT2D eigenvalue weighted by atomic mass is 35.5. The summed E-state index contributed by atoms with van der Waals surface area (Å²) in [4.78, 5) is 24.1. The summed E-state index contributed by atoms with van der Waals surface area (Å²) in [5.41, 5.74) is 3.66. The maximum absolute atomic E-state index is 12.1. The molecule has 0 aliphatic rings. The molecule has 0 radical (unpaired) electrons. The number of halogens is 2. The number of amides is 2. The van der Waals surface area contributed by atoms with Crippen molar-refractivity contribution in [3.63, 3.8) is 0 Å². The van der Waals surface area contributed by atoms with E-state index in [0.717, 1.165) is 22.4 Å². The Kier molecular flexibility index (Phi) is 7.66. The minimum Gasteiger partial charge on any atom is -0.342 e. The lowest BCUT2D eigenvalue weighted by Gasteiger charge is -2.14. The first-order valence-corrected chi connectivity index (χ1v) is 9.44. The Hall–Kier alpha value is -2.08. The molecule has 0 fully saturated rings. The normalized spacial score (nSPS) is 11.7. The molecular weight excluding hydrogens is 385 g/mol. The van der Waals surface area contributed by atoms with Gasteiger partial charge in [-0.1, -0.05) is 47.5 Å². The molecule has 0 aromatic heterocycles. The van der Waals surface area contributed by atoms with Crippen LogP contribution in [0, 0.1) is 13.8 Å². The van der Waals surface area contributed by atoms with E-state index in [4.69, 9.17) is 23.2 Å². The van der Waals surface area contributed by atoms with Crippen molar-refractivity contribution in [2.45, 2.75) is 26.8 Å². The molecule has 0 aliphatic carbocycles. The molecule has 0 saturated heterocycles. The van der Waals surface area contributed by atoms with Gasteiger partial charge in [-0.15, -0.1) is 0 Å². The standard InChI is InChI=1S/C20H23Cl2N3O2/c1-12-5-4-6-13(2)20(12)25-19(27)11-24-18(26)10-23-14(3)16-8-7-15(21)9-17(16)22/h4-9,14,23H,10-11H2,1-3H3,(H,24,26)(H,25,27)/p+1/t14-/m1/s1. The smallest absolute Gasteiger partial charge is 0.275 e. The summed E-state index contributed by atoms with van der Waals surface area (Å²) in [6.07, 6.45) is 0. The lowest BCUT2D eigenvalue weighted by molar-refractivity contribution is -0.682. The van der Waals surface area contributed by atoms with E-state index in [1.165, 1.54) is 0 Å². The van der Waals surface area contributed by atoms with Gasteiger partial charge in [-0.2, -0.15) is 0 Å². The molecule has 1 atom stereocenters. The maximum atomic E-state index is 12.1. The lowest BCUT2D eigenvalue weighted by Crippen LogP contribution is -2.87. The van der Waals surface area contributed by atoms with Crippen LogP contribution in [0.25, 0.3) is 0 Å². The molecule has 0 aliphatic heterocycles. The number of rotatable bonds is 7. The molecule has 27 heavy (non-hydrogen) atoms. The number of carbonyl (C=O) groups excluding carboxylic acids is 2. The average molecular weight is 409 g/mol. The molecule has 0 saturated carbocycles. The van der Waals surface area contributed by atoms with Crippen LogP contribution < -0.4 is 16.0 Å². The number of carbonyl (C=O) groups is 2. The van der Waals surface area contributed by atoms with E-state index in [1.54, 1.807) is 12.1 Å². The van der Waals surface area contributed by atoms with Crippen LogP contribution in [0.4, 0.5) is 5.69 Å². The monoisotopic (exact) mass is 408 g/mol. The molecule has 2 rings (SSSR count). The Morgan fingerprint density at radius 1 is 1.07 bits per heavy atom. The summed E-state index contributed by atoms with van der Waals surface area (Å²) >= 11 is 12.1. The van der Waals surface area contributed by atoms with Gasteiger partial charge in [-0.3, -0.25) is 9.59 Å². The molecule has 0 heterocycles. The van der Waals surface area contributed by atoms with Gasteiger partial charge in [0.2, 0.25) is 5.91 Å². The summed E-state index contributed by atoms with van der Waals surface area (Å²) in [5, 5.41) is 8.48. The Morgan fingerprint density at radius 2 is 1.74 bits per heavy atom. The van der Waals surface area contributed by atoms with Crippen LogP contribution in [0.5, 0.6) is 0 Å². The lowest BCUT2D eigenvalue weighted by atomic mass is 10.1. The van der Waals surface area contributed by atoms with Crippen molar-refractivity contribution in [3.05, 3.63) is 63.1 Å². The van der Waals surface area contributed by atoms with Crippen LogP contribution in [-0.4, -0.2) is 24.9 Å². The molecule has 2 amide bonds. The zero-order chi connectivity index (χ0) is 20.0. The van der Waals surface area contributed by atoms with Crippen LogP contribution in [0.15, 0.2) is 36.4 Å². The molecule has 0 unspecified atom stereocenters. The number of nitrogens with two attached hydrogens (primary N) is 1. The van der Waals surface area contributed by atoms with Gasteiger partial charge in [0.25, 0.3) is 5.91 Å². The fourth-order valence-corrected chi connectivity index (χ4v) is 3.31. The second kappa shape index (κ2) is 9.74.